The predicted octanol–water partition coefficient (Wildman–Crippen LogP) is 5.53. The Kier molecular flexibility index (Phi) is 9.37. The first-order chi connectivity index (χ1) is 21.3. The summed E-state index contributed by atoms with van der Waals surface area (Å²) in [5, 5.41) is 7.68. The molecule has 4 aromatic rings. The maximum atomic E-state index is 15.0. The second-order valence-corrected chi connectivity index (χ2v) is 10.7. The van der Waals surface area contributed by atoms with Crippen LogP contribution in [0.1, 0.15) is 61.9 Å². The molecule has 1 heterocycles. The number of methoxy groups -OCH3 is 1. The molecule has 230 valence electrons. The molecule has 1 aliphatic rings. The van der Waals surface area contributed by atoms with Crippen molar-refractivity contribution in [1.82, 2.24) is 19.8 Å². The molecule has 1 aromatic heterocycles. The topological polar surface area (TPSA) is 118 Å². The lowest BCUT2D eigenvalue weighted by molar-refractivity contribution is 0.0472. The molecular formula is C32H34FN5O6. The number of benzene rings is 3. The molecule has 3 aromatic carbocycles. The van der Waals surface area contributed by atoms with Crippen LogP contribution < -0.4 is 20.1 Å². The van der Waals surface area contributed by atoms with Gasteiger partial charge in [-0.2, -0.15) is 4.68 Å². The summed E-state index contributed by atoms with van der Waals surface area (Å²) in [7, 11) is 1.45. The van der Waals surface area contributed by atoms with E-state index in [1.807, 2.05) is 30.3 Å². The van der Waals surface area contributed by atoms with Gasteiger partial charge in [0.2, 0.25) is 0 Å². The third kappa shape index (κ3) is 6.48. The minimum atomic E-state index is -0.980. The Balaban J connectivity index is 1.53. The van der Waals surface area contributed by atoms with E-state index in [-0.39, 0.29) is 41.4 Å². The number of hydrogen-bond acceptors (Lipinski definition) is 8. The van der Waals surface area contributed by atoms with Gasteiger partial charge in [-0.1, -0.05) is 55.7 Å². The fraction of sp³-hybridized carbons (Fsp3) is 0.344. The maximum Gasteiger partial charge on any atom is 0.377 e. The first-order valence-electron chi connectivity index (χ1n) is 14.5. The number of ether oxygens (including phenoxy) is 3. The number of tetrazole rings is 1. The Morgan fingerprint density at radius 2 is 1.73 bits per heavy atom. The third-order valence-corrected chi connectivity index (χ3v) is 7.32. The van der Waals surface area contributed by atoms with E-state index >= 15 is 4.39 Å². The van der Waals surface area contributed by atoms with Gasteiger partial charge in [-0.05, 0) is 73.0 Å². The first-order valence-corrected chi connectivity index (χ1v) is 14.5. The van der Waals surface area contributed by atoms with Crippen LogP contribution in [0.15, 0.2) is 71.5 Å². The molecule has 0 unspecified atom stereocenters. The van der Waals surface area contributed by atoms with Crippen LogP contribution in [0.5, 0.6) is 11.5 Å². The Labute approximate surface area is 253 Å². The summed E-state index contributed by atoms with van der Waals surface area (Å²) in [5.74, 6) is -0.966. The van der Waals surface area contributed by atoms with Crippen LogP contribution in [0.25, 0.3) is 5.69 Å². The number of aromatic nitrogens is 4. The highest BCUT2D eigenvalue weighted by atomic mass is 19.1. The second kappa shape index (κ2) is 13.5. The van der Waals surface area contributed by atoms with Crippen molar-refractivity contribution in [2.24, 2.45) is 0 Å². The highest BCUT2D eigenvalue weighted by Crippen LogP contribution is 2.35. The average molecular weight is 604 g/mol. The maximum absolute atomic E-state index is 15.0. The van der Waals surface area contributed by atoms with E-state index in [0.717, 1.165) is 30.9 Å². The van der Waals surface area contributed by atoms with Crippen LogP contribution >= 0.6 is 0 Å². The minimum Gasteiger partial charge on any atom is -0.495 e. The van der Waals surface area contributed by atoms with E-state index in [4.69, 9.17) is 14.2 Å². The van der Waals surface area contributed by atoms with Crippen molar-refractivity contribution in [3.63, 3.8) is 0 Å². The molecule has 1 amide bonds. The van der Waals surface area contributed by atoms with Crippen molar-refractivity contribution in [1.29, 1.82) is 0 Å². The van der Waals surface area contributed by atoms with Gasteiger partial charge in [0.1, 0.15) is 23.8 Å². The molecule has 11 nitrogen and oxygen atoms in total. The van der Waals surface area contributed by atoms with E-state index in [1.165, 1.54) is 30.2 Å². The highest BCUT2D eigenvalue weighted by Gasteiger charge is 2.33. The summed E-state index contributed by atoms with van der Waals surface area (Å²) in [5.41, 5.74) is 0.0629. The molecule has 0 spiro atoms. The highest BCUT2D eigenvalue weighted by molar-refractivity contribution is 5.98. The minimum absolute atomic E-state index is 0.0728. The number of nitrogens with zero attached hydrogens (tertiary/aromatic N) is 5. The zero-order valence-corrected chi connectivity index (χ0v) is 24.8. The summed E-state index contributed by atoms with van der Waals surface area (Å²) in [6.45, 7) is 3.60. The number of hydrogen-bond donors (Lipinski definition) is 0. The van der Waals surface area contributed by atoms with Gasteiger partial charge in [0.15, 0.2) is 5.82 Å². The van der Waals surface area contributed by atoms with Gasteiger partial charge in [0, 0.05) is 6.04 Å². The molecule has 12 heteroatoms. The van der Waals surface area contributed by atoms with Crippen molar-refractivity contribution in [3.8, 4) is 17.2 Å². The van der Waals surface area contributed by atoms with Crippen LogP contribution in [-0.4, -0.2) is 51.0 Å². The largest absolute Gasteiger partial charge is 0.495 e. The van der Waals surface area contributed by atoms with Gasteiger partial charge in [-0.3, -0.25) is 4.90 Å². The van der Waals surface area contributed by atoms with Gasteiger partial charge < -0.3 is 14.2 Å². The van der Waals surface area contributed by atoms with Crippen LogP contribution in [0.2, 0.25) is 0 Å². The van der Waals surface area contributed by atoms with Crippen molar-refractivity contribution >= 4 is 17.7 Å². The van der Waals surface area contributed by atoms with Crippen LogP contribution in [0.4, 0.5) is 14.9 Å². The predicted molar refractivity (Wildman–Crippen MR) is 160 cm³/mol. The molecule has 1 fully saturated rings. The molecule has 0 bridgehead atoms. The molecule has 0 aliphatic heterocycles. The third-order valence-electron chi connectivity index (χ3n) is 7.32. The lowest BCUT2D eigenvalue weighted by atomic mass is 9.93. The number of carbonyl (C=O) groups is 2. The van der Waals surface area contributed by atoms with E-state index in [0.29, 0.717) is 28.0 Å². The van der Waals surface area contributed by atoms with Gasteiger partial charge in [-0.25, -0.2) is 18.8 Å². The normalized spacial score (nSPS) is 13.5. The number of esters is 1. The van der Waals surface area contributed by atoms with E-state index in [9.17, 15) is 14.4 Å². The van der Waals surface area contributed by atoms with Crippen LogP contribution in [-0.2, 0) is 11.3 Å². The van der Waals surface area contributed by atoms with Gasteiger partial charge in [0.25, 0.3) is 0 Å². The van der Waals surface area contributed by atoms with Gasteiger partial charge in [-0.15, -0.1) is 4.68 Å². The van der Waals surface area contributed by atoms with Crippen molar-refractivity contribution in [2.75, 3.05) is 12.0 Å². The number of carbonyl (C=O) groups excluding carboxylic acids is 2. The van der Waals surface area contributed by atoms with Gasteiger partial charge >= 0.3 is 17.7 Å². The Bertz CT molecular complexity index is 1680. The molecule has 0 radical (unpaired) electrons. The van der Waals surface area contributed by atoms with E-state index in [1.54, 1.807) is 26.0 Å². The van der Waals surface area contributed by atoms with Crippen molar-refractivity contribution in [2.45, 2.75) is 64.7 Å². The quantitative estimate of drug-likeness (QED) is 0.181. The number of amides is 1. The number of para-hydroxylation sites is 1. The molecule has 0 saturated heterocycles. The van der Waals surface area contributed by atoms with E-state index in [2.05, 4.69) is 10.4 Å². The molecule has 44 heavy (non-hydrogen) atoms. The lowest BCUT2D eigenvalue weighted by Gasteiger charge is -2.34. The smallest absolute Gasteiger partial charge is 0.377 e. The van der Waals surface area contributed by atoms with Crippen LogP contribution in [0, 0.1) is 5.82 Å². The second-order valence-electron chi connectivity index (χ2n) is 10.7. The zero-order chi connectivity index (χ0) is 31.2. The lowest BCUT2D eigenvalue weighted by Crippen LogP contribution is -2.47. The summed E-state index contributed by atoms with van der Waals surface area (Å²) in [6, 6.07) is 16.9. The van der Waals surface area contributed by atoms with Crippen molar-refractivity contribution in [3.05, 3.63) is 94.2 Å². The molecule has 5 rings (SSSR count). The summed E-state index contributed by atoms with van der Waals surface area (Å²) < 4.78 is 33.1. The average Bonchev–Trinajstić information content (AvgIpc) is 3.41. The number of anilines is 1. The molecule has 0 N–H and O–H groups in total. The SMILES string of the molecule is COc1ccc(C(=O)OCc2ccccc2)cc1N(C(=O)n1nnn(-c2c(F)cccc2OC(C)C)c1=O)C1CCCCC1. The van der Waals surface area contributed by atoms with Crippen LogP contribution in [0.3, 0.4) is 0 Å². The Hall–Kier alpha value is -5.00. The van der Waals surface area contributed by atoms with E-state index < -0.39 is 23.5 Å². The fourth-order valence-electron chi connectivity index (χ4n) is 5.27. The summed E-state index contributed by atoms with van der Waals surface area (Å²) >= 11 is 0. The van der Waals surface area contributed by atoms with Crippen molar-refractivity contribution < 1.29 is 28.2 Å². The molecule has 0 atom stereocenters. The molecular weight excluding hydrogens is 569 g/mol. The Morgan fingerprint density at radius 3 is 2.43 bits per heavy atom. The monoisotopic (exact) mass is 603 g/mol. The Morgan fingerprint density at radius 1 is 0.977 bits per heavy atom. The molecule has 1 saturated carbocycles. The zero-order valence-electron chi connectivity index (χ0n) is 24.8. The standard InChI is InChI=1S/C32H34FN5O6/c1-21(2)44-28-16-10-15-25(33)29(28)37-32(41)38(35-34-37)31(40)36(24-13-8-5-9-14-24)26-19-23(17-18-27(26)42-3)30(39)43-20-22-11-6-4-7-12-22/h4,6-7,10-12,15-19,21,24H,5,8-9,13-14,20H2,1-3H3. The number of halogens is 1. The fourth-order valence-corrected chi connectivity index (χ4v) is 5.27. The number of rotatable bonds is 9. The first kappa shape index (κ1) is 30.5. The summed E-state index contributed by atoms with van der Waals surface area (Å²) in [4.78, 5) is 42.3. The summed E-state index contributed by atoms with van der Waals surface area (Å²) in [6.07, 6.45) is 3.72. The van der Waals surface area contributed by atoms with Gasteiger partial charge in [0.05, 0.1) is 24.5 Å². The molecule has 1 aliphatic carbocycles.